The van der Waals surface area contributed by atoms with Crippen LogP contribution in [0.15, 0.2) is 47.1 Å². The van der Waals surface area contributed by atoms with E-state index in [1.165, 1.54) is 11.3 Å². The quantitative estimate of drug-likeness (QED) is 0.736. The Morgan fingerprint density at radius 2 is 1.96 bits per heavy atom. The maximum absolute atomic E-state index is 12.5. The van der Waals surface area contributed by atoms with Crippen molar-refractivity contribution in [1.29, 1.82) is 0 Å². The third-order valence-electron chi connectivity index (χ3n) is 3.60. The van der Waals surface area contributed by atoms with Gasteiger partial charge in [0.2, 0.25) is 5.91 Å². The van der Waals surface area contributed by atoms with Crippen molar-refractivity contribution in [3.63, 3.8) is 0 Å². The highest BCUT2D eigenvalue weighted by atomic mass is 32.1. The Labute approximate surface area is 148 Å². The van der Waals surface area contributed by atoms with Crippen LogP contribution >= 0.6 is 11.3 Å². The Morgan fingerprint density at radius 1 is 1.20 bits per heavy atom. The van der Waals surface area contributed by atoms with E-state index in [0.29, 0.717) is 28.6 Å². The molecule has 1 aromatic carbocycles. The number of anilines is 1. The first-order chi connectivity index (χ1) is 12.1. The fourth-order valence-corrected chi connectivity index (χ4v) is 3.16. The predicted octanol–water partition coefficient (Wildman–Crippen LogP) is 3.25. The van der Waals surface area contributed by atoms with Crippen LogP contribution in [0.1, 0.15) is 20.9 Å². The van der Waals surface area contributed by atoms with Crippen LogP contribution < -0.4 is 10.6 Å². The van der Waals surface area contributed by atoms with Crippen molar-refractivity contribution >= 4 is 28.8 Å². The molecule has 2 N–H and O–H groups in total. The summed E-state index contributed by atoms with van der Waals surface area (Å²) in [5.41, 5.74) is 1.91. The molecule has 7 heteroatoms. The van der Waals surface area contributed by atoms with E-state index in [0.717, 1.165) is 10.4 Å². The van der Waals surface area contributed by atoms with Gasteiger partial charge in [0, 0.05) is 17.6 Å². The summed E-state index contributed by atoms with van der Waals surface area (Å²) < 4.78 is 5.32. The van der Waals surface area contributed by atoms with Crippen molar-refractivity contribution in [1.82, 2.24) is 10.3 Å². The Hall–Kier alpha value is -2.93. The molecule has 6 nitrogen and oxygen atoms in total. The van der Waals surface area contributed by atoms with Crippen LogP contribution in [0.3, 0.4) is 0 Å². The first kappa shape index (κ1) is 16.9. The van der Waals surface area contributed by atoms with Gasteiger partial charge in [0.25, 0.3) is 5.91 Å². The number of hydrogen-bond donors (Lipinski definition) is 2. The van der Waals surface area contributed by atoms with Crippen molar-refractivity contribution in [2.75, 3.05) is 12.4 Å². The Bertz CT molecular complexity index is 883. The zero-order chi connectivity index (χ0) is 17.8. The second kappa shape index (κ2) is 7.31. The predicted molar refractivity (Wildman–Crippen MR) is 96.7 cm³/mol. The number of thiazole rings is 1. The van der Waals surface area contributed by atoms with Gasteiger partial charge in [-0.15, -0.1) is 11.3 Å². The van der Waals surface area contributed by atoms with Gasteiger partial charge < -0.3 is 15.1 Å². The molecular formula is C18H17N3O3S. The van der Waals surface area contributed by atoms with Gasteiger partial charge in [-0.25, -0.2) is 4.98 Å². The molecule has 2 heterocycles. The van der Waals surface area contributed by atoms with E-state index in [2.05, 4.69) is 15.6 Å². The number of furan rings is 1. The van der Waals surface area contributed by atoms with Crippen molar-refractivity contribution < 1.29 is 14.0 Å². The van der Waals surface area contributed by atoms with E-state index in [9.17, 15) is 9.59 Å². The molecule has 0 saturated heterocycles. The van der Waals surface area contributed by atoms with Gasteiger partial charge in [-0.2, -0.15) is 0 Å². The van der Waals surface area contributed by atoms with Gasteiger partial charge in [0.05, 0.1) is 12.7 Å². The molecule has 0 unspecified atom stereocenters. The summed E-state index contributed by atoms with van der Waals surface area (Å²) in [6.07, 6.45) is 1.88. The minimum absolute atomic E-state index is 0.0552. The number of amides is 2. The summed E-state index contributed by atoms with van der Waals surface area (Å²) in [6, 6.07) is 10.8. The number of rotatable bonds is 5. The molecule has 2 amide bonds. The van der Waals surface area contributed by atoms with Gasteiger partial charge in [-0.3, -0.25) is 9.59 Å². The van der Waals surface area contributed by atoms with E-state index >= 15 is 0 Å². The highest BCUT2D eigenvalue weighted by molar-refractivity contribution is 7.15. The molecule has 0 atom stereocenters. The number of aryl methyl sites for hydroxylation is 1. The standard InChI is InChI=1S/C18H17N3O3S/c1-11-16(21-18(25-11)14-4-3-9-24-14)17(23)20-13-7-5-12(6-8-13)10-15(22)19-2/h3-9H,10H2,1-2H3,(H,19,22)(H,20,23). The van der Waals surface area contributed by atoms with E-state index < -0.39 is 0 Å². The summed E-state index contributed by atoms with van der Waals surface area (Å²) in [7, 11) is 1.60. The molecule has 3 aromatic rings. The van der Waals surface area contributed by atoms with E-state index in [1.54, 1.807) is 31.5 Å². The average Bonchev–Trinajstić information content (AvgIpc) is 3.26. The highest BCUT2D eigenvalue weighted by Gasteiger charge is 2.17. The second-order valence-corrected chi connectivity index (χ2v) is 6.61. The van der Waals surface area contributed by atoms with Crippen LogP contribution in [0.25, 0.3) is 10.8 Å². The van der Waals surface area contributed by atoms with E-state index in [1.807, 2.05) is 25.1 Å². The van der Waals surface area contributed by atoms with E-state index in [-0.39, 0.29) is 11.8 Å². The molecule has 0 aliphatic heterocycles. The number of hydrogen-bond acceptors (Lipinski definition) is 5. The maximum atomic E-state index is 12.5. The molecule has 128 valence electrons. The molecule has 0 radical (unpaired) electrons. The van der Waals surface area contributed by atoms with Crippen LogP contribution in [0, 0.1) is 6.92 Å². The highest BCUT2D eigenvalue weighted by Crippen LogP contribution is 2.28. The van der Waals surface area contributed by atoms with Gasteiger partial charge in [0.15, 0.2) is 10.8 Å². The van der Waals surface area contributed by atoms with Crippen molar-refractivity contribution in [3.8, 4) is 10.8 Å². The minimum Gasteiger partial charge on any atom is -0.462 e. The number of aromatic nitrogens is 1. The molecule has 3 rings (SSSR count). The van der Waals surface area contributed by atoms with Crippen LogP contribution in [-0.4, -0.2) is 23.8 Å². The van der Waals surface area contributed by atoms with Crippen LogP contribution in [-0.2, 0) is 11.2 Å². The first-order valence-corrected chi connectivity index (χ1v) is 8.50. The molecule has 0 aliphatic rings. The van der Waals surface area contributed by atoms with Gasteiger partial charge in [0.1, 0.15) is 5.69 Å². The number of carbonyl (C=O) groups excluding carboxylic acids is 2. The Balaban J connectivity index is 1.71. The van der Waals surface area contributed by atoms with Crippen LogP contribution in [0.4, 0.5) is 5.69 Å². The third kappa shape index (κ3) is 3.95. The van der Waals surface area contributed by atoms with Crippen molar-refractivity contribution in [2.24, 2.45) is 0 Å². The second-order valence-electron chi connectivity index (χ2n) is 5.40. The summed E-state index contributed by atoms with van der Waals surface area (Å²) in [5.74, 6) is 0.316. The van der Waals surface area contributed by atoms with Crippen molar-refractivity contribution in [3.05, 3.63) is 58.8 Å². The van der Waals surface area contributed by atoms with Crippen LogP contribution in [0.2, 0.25) is 0 Å². The summed E-state index contributed by atoms with van der Waals surface area (Å²) in [5, 5.41) is 6.08. The van der Waals surface area contributed by atoms with Gasteiger partial charge >= 0.3 is 0 Å². The molecule has 0 saturated carbocycles. The Morgan fingerprint density at radius 3 is 2.60 bits per heavy atom. The fraction of sp³-hybridized carbons (Fsp3) is 0.167. The number of likely N-dealkylation sites (N-methyl/N-ethyl adjacent to an activating group) is 1. The Kier molecular flexibility index (Phi) is 4.95. The first-order valence-electron chi connectivity index (χ1n) is 7.69. The number of benzene rings is 1. The molecule has 0 fully saturated rings. The monoisotopic (exact) mass is 355 g/mol. The molecule has 0 spiro atoms. The third-order valence-corrected chi connectivity index (χ3v) is 4.58. The SMILES string of the molecule is CNC(=O)Cc1ccc(NC(=O)c2nc(-c3ccco3)sc2C)cc1. The average molecular weight is 355 g/mol. The number of carbonyl (C=O) groups is 2. The smallest absolute Gasteiger partial charge is 0.275 e. The lowest BCUT2D eigenvalue weighted by Gasteiger charge is -2.05. The summed E-state index contributed by atoms with van der Waals surface area (Å²) in [6.45, 7) is 1.85. The van der Waals surface area contributed by atoms with Crippen LogP contribution in [0.5, 0.6) is 0 Å². The zero-order valence-electron chi connectivity index (χ0n) is 13.8. The lowest BCUT2D eigenvalue weighted by molar-refractivity contribution is -0.119. The van der Waals surface area contributed by atoms with Gasteiger partial charge in [-0.05, 0) is 36.8 Å². The summed E-state index contributed by atoms with van der Waals surface area (Å²) in [4.78, 5) is 29.0. The number of nitrogens with one attached hydrogen (secondary N) is 2. The number of nitrogens with zero attached hydrogens (tertiary/aromatic N) is 1. The van der Waals surface area contributed by atoms with Crippen molar-refractivity contribution in [2.45, 2.75) is 13.3 Å². The molecule has 0 bridgehead atoms. The zero-order valence-corrected chi connectivity index (χ0v) is 14.6. The maximum Gasteiger partial charge on any atom is 0.275 e. The summed E-state index contributed by atoms with van der Waals surface area (Å²) >= 11 is 1.41. The van der Waals surface area contributed by atoms with Gasteiger partial charge in [-0.1, -0.05) is 12.1 Å². The lowest BCUT2D eigenvalue weighted by Crippen LogP contribution is -2.19. The largest absolute Gasteiger partial charge is 0.462 e. The topological polar surface area (TPSA) is 84.2 Å². The fourth-order valence-electron chi connectivity index (χ4n) is 2.28. The lowest BCUT2D eigenvalue weighted by atomic mass is 10.1. The minimum atomic E-state index is -0.273. The molecule has 25 heavy (non-hydrogen) atoms. The normalized spacial score (nSPS) is 10.5. The molecule has 2 aromatic heterocycles. The molecular weight excluding hydrogens is 338 g/mol. The van der Waals surface area contributed by atoms with E-state index in [4.69, 9.17) is 4.42 Å². The molecule has 0 aliphatic carbocycles.